The van der Waals surface area contributed by atoms with Gasteiger partial charge in [-0.3, -0.25) is 0 Å². The average Bonchev–Trinajstić information content (AvgIpc) is 2.95. The molecule has 1 aliphatic rings. The van der Waals surface area contributed by atoms with Crippen LogP contribution >= 0.6 is 23.8 Å². The summed E-state index contributed by atoms with van der Waals surface area (Å²) in [4.78, 5) is 7.73. The summed E-state index contributed by atoms with van der Waals surface area (Å²) in [5, 5.41) is 0.642. The molecule has 114 valence electrons. The third kappa shape index (κ3) is 3.02. The summed E-state index contributed by atoms with van der Waals surface area (Å²) in [5.74, 6) is 0.713. The molecule has 2 aromatic rings. The van der Waals surface area contributed by atoms with E-state index in [1.165, 1.54) is 32.1 Å². The first-order valence-electron chi connectivity index (χ1n) is 7.73. The Bertz CT molecular complexity index is 695. The van der Waals surface area contributed by atoms with Gasteiger partial charge in [0.05, 0.1) is 10.5 Å². The van der Waals surface area contributed by atoms with E-state index in [1.54, 1.807) is 6.20 Å². The van der Waals surface area contributed by atoms with Gasteiger partial charge in [0.15, 0.2) is 10.4 Å². The number of nitrogens with one attached hydrogen (secondary N) is 1. The molecule has 0 amide bonds. The van der Waals surface area contributed by atoms with Gasteiger partial charge in [0.1, 0.15) is 0 Å². The number of halogens is 1. The largest absolute Gasteiger partial charge is 0.329 e. The molecule has 1 N–H and O–H groups in total. The van der Waals surface area contributed by atoms with Gasteiger partial charge in [-0.05, 0) is 48.9 Å². The summed E-state index contributed by atoms with van der Waals surface area (Å²) in [6.07, 6.45) is 8.23. The van der Waals surface area contributed by atoms with E-state index in [1.807, 2.05) is 6.07 Å². The fraction of sp³-hybridized carbons (Fsp3) is 0.625. The number of hydrogen-bond acceptors (Lipinski definition) is 2. The molecular formula is C16H22ClN3S. The Kier molecular flexibility index (Phi) is 4.10. The van der Waals surface area contributed by atoms with Crippen molar-refractivity contribution in [3.8, 4) is 0 Å². The van der Waals surface area contributed by atoms with E-state index >= 15 is 0 Å². The van der Waals surface area contributed by atoms with Crippen molar-refractivity contribution < 1.29 is 0 Å². The molecule has 0 unspecified atom stereocenters. The first-order chi connectivity index (χ1) is 9.99. The molecule has 0 radical (unpaired) electrons. The third-order valence-corrected chi connectivity index (χ3v) is 5.10. The molecular weight excluding hydrogens is 302 g/mol. The minimum atomic E-state index is 0.378. The summed E-state index contributed by atoms with van der Waals surface area (Å²) < 4.78 is 2.93. The predicted molar refractivity (Wildman–Crippen MR) is 90.3 cm³/mol. The molecule has 0 saturated heterocycles. The van der Waals surface area contributed by atoms with E-state index in [0.29, 0.717) is 16.4 Å². The number of aromatic nitrogens is 3. The molecule has 1 saturated carbocycles. The molecule has 21 heavy (non-hydrogen) atoms. The SMILES string of the molecule is CC(C)CC1(Cn2c(=S)[nH]c3cc(Cl)cnc32)CCCC1. The molecule has 0 bridgehead atoms. The van der Waals surface area contributed by atoms with E-state index < -0.39 is 0 Å². The molecule has 5 heteroatoms. The van der Waals surface area contributed by atoms with Gasteiger partial charge in [0.25, 0.3) is 0 Å². The molecule has 1 aliphatic carbocycles. The summed E-state index contributed by atoms with van der Waals surface area (Å²) >= 11 is 11.5. The first kappa shape index (κ1) is 15.0. The Morgan fingerprint density at radius 2 is 2.14 bits per heavy atom. The van der Waals surface area contributed by atoms with Crippen molar-refractivity contribution in [1.29, 1.82) is 0 Å². The van der Waals surface area contributed by atoms with Gasteiger partial charge in [-0.25, -0.2) is 4.98 Å². The maximum atomic E-state index is 6.02. The Morgan fingerprint density at radius 3 is 2.81 bits per heavy atom. The molecule has 3 nitrogen and oxygen atoms in total. The highest BCUT2D eigenvalue weighted by Crippen LogP contribution is 2.45. The zero-order chi connectivity index (χ0) is 15.0. The number of nitrogens with zero attached hydrogens (tertiary/aromatic N) is 2. The van der Waals surface area contributed by atoms with Crippen LogP contribution in [0, 0.1) is 16.1 Å². The van der Waals surface area contributed by atoms with Gasteiger partial charge in [0.2, 0.25) is 0 Å². The van der Waals surface area contributed by atoms with Crippen LogP contribution in [-0.4, -0.2) is 14.5 Å². The zero-order valence-electron chi connectivity index (χ0n) is 12.7. The minimum Gasteiger partial charge on any atom is -0.329 e. The second-order valence-electron chi connectivity index (χ2n) is 6.85. The van der Waals surface area contributed by atoms with Crippen LogP contribution in [0.25, 0.3) is 11.2 Å². The smallest absolute Gasteiger partial charge is 0.179 e. The van der Waals surface area contributed by atoms with Crippen molar-refractivity contribution in [3.05, 3.63) is 22.1 Å². The van der Waals surface area contributed by atoms with Crippen LogP contribution in [-0.2, 0) is 6.54 Å². The second-order valence-corrected chi connectivity index (χ2v) is 7.67. The lowest BCUT2D eigenvalue weighted by atomic mass is 9.78. The quantitative estimate of drug-likeness (QED) is 0.769. The van der Waals surface area contributed by atoms with Gasteiger partial charge in [0, 0.05) is 12.7 Å². The molecule has 0 aromatic carbocycles. The summed E-state index contributed by atoms with van der Waals surface area (Å²) in [6, 6.07) is 1.90. The lowest BCUT2D eigenvalue weighted by Crippen LogP contribution is -2.25. The number of H-pyrrole nitrogens is 1. The van der Waals surface area contributed by atoms with E-state index in [4.69, 9.17) is 23.8 Å². The van der Waals surface area contributed by atoms with Crippen molar-refractivity contribution in [3.63, 3.8) is 0 Å². The van der Waals surface area contributed by atoms with E-state index in [2.05, 4.69) is 28.4 Å². The number of pyridine rings is 1. The highest BCUT2D eigenvalue weighted by Gasteiger charge is 2.35. The number of imidazole rings is 1. The zero-order valence-corrected chi connectivity index (χ0v) is 14.2. The normalized spacial score (nSPS) is 17.9. The highest BCUT2D eigenvalue weighted by atomic mass is 35.5. The average molecular weight is 324 g/mol. The lowest BCUT2D eigenvalue weighted by molar-refractivity contribution is 0.198. The molecule has 2 heterocycles. The van der Waals surface area contributed by atoms with E-state index in [-0.39, 0.29) is 0 Å². The van der Waals surface area contributed by atoms with Crippen molar-refractivity contribution in [2.75, 3.05) is 0 Å². The Hall–Kier alpha value is -0.870. The standard InChI is InChI=1S/C16H22ClN3S/c1-11(2)8-16(5-3-4-6-16)10-20-14-13(19-15(20)21)7-12(17)9-18-14/h7,9,11H,3-6,8,10H2,1-2H3,(H,19,21). The molecule has 2 aromatic heterocycles. The van der Waals surface area contributed by atoms with E-state index in [9.17, 15) is 0 Å². The van der Waals surface area contributed by atoms with E-state index in [0.717, 1.165) is 22.5 Å². The Labute approximate surface area is 135 Å². The van der Waals surface area contributed by atoms with Gasteiger partial charge >= 0.3 is 0 Å². The maximum absolute atomic E-state index is 6.02. The van der Waals surface area contributed by atoms with Gasteiger partial charge in [-0.15, -0.1) is 0 Å². The van der Waals surface area contributed by atoms with Crippen molar-refractivity contribution in [2.45, 2.75) is 52.5 Å². The van der Waals surface area contributed by atoms with Crippen LogP contribution in [0.2, 0.25) is 5.02 Å². The first-order valence-corrected chi connectivity index (χ1v) is 8.52. The second kappa shape index (κ2) is 5.73. The van der Waals surface area contributed by atoms with Crippen LogP contribution in [0.5, 0.6) is 0 Å². The summed E-state index contributed by atoms with van der Waals surface area (Å²) in [6.45, 7) is 5.60. The van der Waals surface area contributed by atoms with Crippen molar-refractivity contribution in [1.82, 2.24) is 14.5 Å². The number of hydrogen-bond donors (Lipinski definition) is 1. The maximum Gasteiger partial charge on any atom is 0.179 e. The molecule has 3 rings (SSSR count). The fourth-order valence-electron chi connectivity index (χ4n) is 3.92. The van der Waals surface area contributed by atoms with Crippen molar-refractivity contribution >= 4 is 35.0 Å². The highest BCUT2D eigenvalue weighted by molar-refractivity contribution is 7.71. The van der Waals surface area contributed by atoms with Gasteiger partial charge in [-0.1, -0.05) is 38.3 Å². The fourth-order valence-corrected chi connectivity index (χ4v) is 4.34. The van der Waals surface area contributed by atoms with Crippen LogP contribution in [0.4, 0.5) is 0 Å². The monoisotopic (exact) mass is 323 g/mol. The van der Waals surface area contributed by atoms with Crippen molar-refractivity contribution in [2.24, 2.45) is 11.3 Å². The Morgan fingerprint density at radius 1 is 1.43 bits per heavy atom. The topological polar surface area (TPSA) is 33.6 Å². The molecule has 0 aliphatic heterocycles. The predicted octanol–water partition coefficient (Wildman–Crippen LogP) is 5.35. The minimum absolute atomic E-state index is 0.378. The number of aromatic amines is 1. The molecule has 0 atom stereocenters. The summed E-state index contributed by atoms with van der Waals surface area (Å²) in [7, 11) is 0. The van der Waals surface area contributed by atoms with Crippen LogP contribution in [0.3, 0.4) is 0 Å². The molecule has 1 fully saturated rings. The third-order valence-electron chi connectivity index (χ3n) is 4.57. The molecule has 0 spiro atoms. The number of fused-ring (bicyclic) bond motifs is 1. The van der Waals surface area contributed by atoms with Crippen LogP contribution in [0.1, 0.15) is 46.0 Å². The van der Waals surface area contributed by atoms with Gasteiger partial charge in [-0.2, -0.15) is 0 Å². The van der Waals surface area contributed by atoms with Crippen LogP contribution in [0.15, 0.2) is 12.3 Å². The van der Waals surface area contributed by atoms with Crippen LogP contribution < -0.4 is 0 Å². The van der Waals surface area contributed by atoms with Gasteiger partial charge < -0.3 is 9.55 Å². The lowest BCUT2D eigenvalue weighted by Gasteiger charge is -2.31. The number of rotatable bonds is 4. The summed E-state index contributed by atoms with van der Waals surface area (Å²) in [5.41, 5.74) is 2.24. The Balaban J connectivity index is 2.00.